The average Bonchev–Trinajstić information content (AvgIpc) is 3.52. The second-order valence-electron chi connectivity index (χ2n) is 7.50. The van der Waals surface area contributed by atoms with Crippen molar-refractivity contribution in [2.45, 2.75) is 6.92 Å². The molecule has 2 aromatic carbocycles. The van der Waals surface area contributed by atoms with Crippen LogP contribution in [0.1, 0.15) is 15.2 Å². The van der Waals surface area contributed by atoms with Crippen molar-refractivity contribution in [1.82, 2.24) is 20.2 Å². The zero-order valence-electron chi connectivity index (χ0n) is 17.6. The van der Waals surface area contributed by atoms with Gasteiger partial charge in [-0.3, -0.25) is 4.79 Å². The molecule has 9 heteroatoms. The van der Waals surface area contributed by atoms with Crippen LogP contribution in [0.15, 0.2) is 60.9 Å². The lowest BCUT2D eigenvalue weighted by Gasteiger charge is -2.28. The number of aromatic nitrogens is 4. The summed E-state index contributed by atoms with van der Waals surface area (Å²) in [6.45, 7) is 4.99. The van der Waals surface area contributed by atoms with Crippen molar-refractivity contribution in [3.8, 4) is 16.8 Å². The molecular formula is C23H22N6O2S. The number of ether oxygens (including phenoxy) is 1. The van der Waals surface area contributed by atoms with Crippen molar-refractivity contribution in [3.63, 3.8) is 0 Å². The topological polar surface area (TPSA) is 85.2 Å². The number of tetrazole rings is 1. The molecule has 1 N–H and O–H groups in total. The van der Waals surface area contributed by atoms with Crippen LogP contribution < -0.4 is 10.2 Å². The standard InChI is InChI=1S/C23H22N6O2S/c1-16-7-8-18(13-20(16)29-15-24-26-27-29)25-22(30)21-14-19(17-5-3-2-4-6-17)23(32-21)28-9-11-31-12-10-28/h2-8,13-15H,9-12H2,1H3,(H,25,30). The minimum absolute atomic E-state index is 0.141. The first-order valence-electron chi connectivity index (χ1n) is 10.4. The van der Waals surface area contributed by atoms with Crippen molar-refractivity contribution in [2.75, 3.05) is 36.5 Å². The molecule has 0 radical (unpaired) electrons. The second-order valence-corrected chi connectivity index (χ2v) is 8.54. The Morgan fingerprint density at radius 2 is 1.91 bits per heavy atom. The Labute approximate surface area is 189 Å². The van der Waals surface area contributed by atoms with Crippen LogP contribution in [0.2, 0.25) is 0 Å². The molecule has 3 heterocycles. The highest BCUT2D eigenvalue weighted by Gasteiger charge is 2.22. The molecule has 1 fully saturated rings. The zero-order valence-corrected chi connectivity index (χ0v) is 18.4. The summed E-state index contributed by atoms with van der Waals surface area (Å²) in [4.78, 5) is 16.1. The van der Waals surface area contributed by atoms with E-state index in [9.17, 15) is 4.79 Å². The summed E-state index contributed by atoms with van der Waals surface area (Å²) in [7, 11) is 0. The van der Waals surface area contributed by atoms with Gasteiger partial charge in [0.15, 0.2) is 0 Å². The fourth-order valence-corrected chi connectivity index (χ4v) is 4.84. The van der Waals surface area contributed by atoms with Crippen LogP contribution in [0.5, 0.6) is 0 Å². The van der Waals surface area contributed by atoms with E-state index in [1.807, 2.05) is 49.4 Å². The van der Waals surface area contributed by atoms with E-state index in [4.69, 9.17) is 4.74 Å². The number of hydrogen-bond donors (Lipinski definition) is 1. The van der Waals surface area contributed by atoms with Crippen LogP contribution in [-0.2, 0) is 4.74 Å². The Balaban J connectivity index is 1.45. The third-order valence-corrected chi connectivity index (χ3v) is 6.58. The summed E-state index contributed by atoms with van der Waals surface area (Å²) in [5, 5.41) is 15.5. The van der Waals surface area contributed by atoms with Gasteiger partial charge in [-0.1, -0.05) is 36.4 Å². The number of aryl methyl sites for hydroxylation is 1. The maximum Gasteiger partial charge on any atom is 0.265 e. The summed E-state index contributed by atoms with van der Waals surface area (Å²) in [6.07, 6.45) is 1.54. The SMILES string of the molecule is Cc1ccc(NC(=O)c2cc(-c3ccccc3)c(N3CCOCC3)s2)cc1-n1cnnn1. The average molecular weight is 447 g/mol. The number of amides is 1. The van der Waals surface area contributed by atoms with E-state index >= 15 is 0 Å². The van der Waals surface area contributed by atoms with Gasteiger partial charge < -0.3 is 15.0 Å². The van der Waals surface area contributed by atoms with Crippen LogP contribution in [0.25, 0.3) is 16.8 Å². The van der Waals surface area contributed by atoms with E-state index in [2.05, 4.69) is 37.9 Å². The highest BCUT2D eigenvalue weighted by molar-refractivity contribution is 7.18. The van der Waals surface area contributed by atoms with Crippen molar-refractivity contribution in [3.05, 3.63) is 71.4 Å². The maximum atomic E-state index is 13.2. The maximum absolute atomic E-state index is 13.2. The first-order chi connectivity index (χ1) is 15.7. The summed E-state index contributed by atoms with van der Waals surface area (Å²) < 4.78 is 7.10. The molecule has 1 aliphatic heterocycles. The molecule has 0 saturated carbocycles. The molecule has 0 aliphatic carbocycles. The number of benzene rings is 2. The molecule has 1 saturated heterocycles. The van der Waals surface area contributed by atoms with Gasteiger partial charge in [-0.15, -0.1) is 16.4 Å². The molecule has 0 unspecified atom stereocenters. The predicted molar refractivity (Wildman–Crippen MR) is 125 cm³/mol. The molecule has 0 spiro atoms. The van der Waals surface area contributed by atoms with Crippen LogP contribution in [0.3, 0.4) is 0 Å². The Bertz CT molecular complexity index is 1220. The number of carbonyl (C=O) groups is 1. The van der Waals surface area contributed by atoms with E-state index in [1.54, 1.807) is 4.68 Å². The van der Waals surface area contributed by atoms with Crippen LogP contribution in [-0.4, -0.2) is 52.4 Å². The molecule has 0 atom stereocenters. The Kier molecular flexibility index (Phi) is 5.66. The van der Waals surface area contributed by atoms with Crippen LogP contribution >= 0.6 is 11.3 Å². The fourth-order valence-electron chi connectivity index (χ4n) is 3.72. The van der Waals surface area contributed by atoms with Gasteiger partial charge in [0.25, 0.3) is 5.91 Å². The summed E-state index contributed by atoms with van der Waals surface area (Å²) in [5.74, 6) is -0.141. The van der Waals surface area contributed by atoms with E-state index < -0.39 is 0 Å². The molecule has 1 aliphatic rings. The summed E-state index contributed by atoms with van der Waals surface area (Å²) in [5.41, 5.74) is 4.68. The quantitative estimate of drug-likeness (QED) is 0.502. The van der Waals surface area contributed by atoms with Gasteiger partial charge >= 0.3 is 0 Å². The molecule has 4 aromatic rings. The highest BCUT2D eigenvalue weighted by atomic mass is 32.1. The van der Waals surface area contributed by atoms with Gasteiger partial charge in [0.05, 0.1) is 28.8 Å². The molecule has 1 amide bonds. The zero-order chi connectivity index (χ0) is 21.9. The van der Waals surface area contributed by atoms with Gasteiger partial charge in [0.1, 0.15) is 6.33 Å². The third-order valence-electron chi connectivity index (χ3n) is 5.38. The third kappa shape index (κ3) is 4.12. The number of nitrogens with zero attached hydrogens (tertiary/aromatic N) is 5. The van der Waals surface area contributed by atoms with Gasteiger partial charge in [-0.05, 0) is 46.7 Å². The minimum Gasteiger partial charge on any atom is -0.378 e. The largest absolute Gasteiger partial charge is 0.378 e. The molecule has 5 rings (SSSR count). The van der Waals surface area contributed by atoms with E-state index in [0.717, 1.165) is 40.5 Å². The molecule has 162 valence electrons. The number of thiophene rings is 1. The summed E-state index contributed by atoms with van der Waals surface area (Å²) >= 11 is 1.51. The molecule has 0 bridgehead atoms. The van der Waals surface area contributed by atoms with Crippen molar-refractivity contribution in [2.24, 2.45) is 0 Å². The van der Waals surface area contributed by atoms with Gasteiger partial charge in [-0.25, -0.2) is 4.68 Å². The monoisotopic (exact) mass is 446 g/mol. The predicted octanol–water partition coefficient (Wildman–Crippen LogP) is 3.79. The van der Waals surface area contributed by atoms with Crippen molar-refractivity contribution < 1.29 is 9.53 Å². The number of carbonyl (C=O) groups excluding carboxylic acids is 1. The number of nitrogens with one attached hydrogen (secondary N) is 1. The van der Waals surface area contributed by atoms with Crippen molar-refractivity contribution in [1.29, 1.82) is 0 Å². The lowest BCUT2D eigenvalue weighted by molar-refractivity contribution is 0.103. The first kappa shape index (κ1) is 20.3. The lowest BCUT2D eigenvalue weighted by Crippen LogP contribution is -2.35. The number of rotatable bonds is 5. The Morgan fingerprint density at radius 3 is 2.66 bits per heavy atom. The Morgan fingerprint density at radius 1 is 1.09 bits per heavy atom. The van der Waals surface area contributed by atoms with Gasteiger partial charge in [0, 0.05) is 24.3 Å². The smallest absolute Gasteiger partial charge is 0.265 e. The van der Waals surface area contributed by atoms with E-state index in [1.165, 1.54) is 17.7 Å². The van der Waals surface area contributed by atoms with E-state index in [0.29, 0.717) is 23.8 Å². The Hall–Kier alpha value is -3.56. The lowest BCUT2D eigenvalue weighted by atomic mass is 10.1. The van der Waals surface area contributed by atoms with Crippen LogP contribution in [0.4, 0.5) is 10.7 Å². The van der Waals surface area contributed by atoms with E-state index in [-0.39, 0.29) is 5.91 Å². The molecule has 8 nitrogen and oxygen atoms in total. The van der Waals surface area contributed by atoms with Crippen LogP contribution in [0, 0.1) is 6.92 Å². The van der Waals surface area contributed by atoms with Crippen molar-refractivity contribution >= 4 is 27.9 Å². The number of hydrogen-bond acceptors (Lipinski definition) is 7. The molecule has 2 aromatic heterocycles. The molecule has 32 heavy (non-hydrogen) atoms. The number of morpholine rings is 1. The first-order valence-corrected chi connectivity index (χ1v) is 11.2. The van der Waals surface area contributed by atoms with Gasteiger partial charge in [0.2, 0.25) is 0 Å². The highest BCUT2D eigenvalue weighted by Crippen LogP contribution is 2.39. The number of anilines is 2. The molecular weight excluding hydrogens is 424 g/mol. The summed E-state index contributed by atoms with van der Waals surface area (Å²) in [6, 6.07) is 17.9. The second kappa shape index (κ2) is 8.89. The van der Waals surface area contributed by atoms with Gasteiger partial charge in [-0.2, -0.15) is 0 Å². The minimum atomic E-state index is -0.141. The normalized spacial score (nSPS) is 13.8. The fraction of sp³-hybridized carbons (Fsp3) is 0.217.